The first-order valence-electron chi connectivity index (χ1n) is 26.5. The number of sulfonamides is 1. The van der Waals surface area contributed by atoms with E-state index >= 15 is 0 Å². The number of carbonyl (C=O) groups is 8. The van der Waals surface area contributed by atoms with E-state index < -0.39 is 112 Å². The number of aromatic amines is 1. The molecule has 5 rings (SSSR count). The van der Waals surface area contributed by atoms with Crippen LogP contribution in [0.5, 0.6) is 5.75 Å². The molecule has 35 heteroatoms. The van der Waals surface area contributed by atoms with Crippen molar-refractivity contribution in [2.24, 2.45) is 0 Å². The van der Waals surface area contributed by atoms with E-state index in [2.05, 4.69) is 46.4 Å². The number of amides is 4. The molecule has 0 spiro atoms. The number of nitrogens with zero attached hydrogens (tertiary/aromatic N) is 7. The molecule has 2 unspecified atom stereocenters. The largest absolute Gasteiger partial charge is 0.494 e. The standard InChI is InChI=1S/C50H72N14O18S2.Y/c1-33-23-37(24-34(2)46(33)84(80,81)59-38(49(75)76)27-56-47(73)35-6-7-40-36(25-35)26-57-64(40)13-4-8-53-50-54-11-12-55-50)82-22-3-5-41(65)51-9-10-52-48(74)39(32-83(77,78)79)58-42(66)28-60-14-16-61(29-43(67)68)18-20-63(31-45(71)72)21-19-62(17-15-60)30-44(69)70;/h6-7,11-12,23-26,38-39,59H,3-5,8-10,13-22,27-32H2,1-2H3,(H,51,65)(H,52,74)(H,56,73)(H,58,66)(H,67,68)(H,69,70)(H,71,72)(H,75,76)(H2,53,54,55)(H,77,78,79);/i;1+1. The number of rotatable bonds is 32. The van der Waals surface area contributed by atoms with Crippen molar-refractivity contribution in [3.8, 4) is 5.75 Å². The summed E-state index contributed by atoms with van der Waals surface area (Å²) < 4.78 is 70.5. The molecule has 3 heterocycles. The van der Waals surface area contributed by atoms with Gasteiger partial charge in [-0.2, -0.15) is 18.2 Å². The van der Waals surface area contributed by atoms with Crippen LogP contribution in [0.4, 0.5) is 5.95 Å². The summed E-state index contributed by atoms with van der Waals surface area (Å²) >= 11 is 0. The maximum atomic E-state index is 13.6. The predicted octanol–water partition coefficient (Wildman–Crippen LogP) is -2.72. The number of anilines is 1. The van der Waals surface area contributed by atoms with Crippen LogP contribution in [0.3, 0.4) is 0 Å². The van der Waals surface area contributed by atoms with Crippen LogP contribution in [0, 0.1) is 13.8 Å². The van der Waals surface area contributed by atoms with Gasteiger partial charge in [0.15, 0.2) is 5.95 Å². The maximum absolute atomic E-state index is 13.6. The number of carboxylic acid groups (broad SMARTS) is 4. The molecule has 12 N–H and O–H groups in total. The molecule has 0 saturated carbocycles. The molecule has 32 nitrogen and oxygen atoms in total. The quantitative estimate of drug-likeness (QED) is 0.0175. The van der Waals surface area contributed by atoms with Gasteiger partial charge in [0.2, 0.25) is 27.7 Å². The molecule has 1 fully saturated rings. The molecular weight excluding hydrogens is 1240 g/mol. The Bertz CT molecular complexity index is 3120. The van der Waals surface area contributed by atoms with E-state index in [4.69, 9.17) is 4.74 Å². The molecule has 2 atom stereocenters. The molecule has 2 aromatic carbocycles. The second-order valence-electron chi connectivity index (χ2n) is 19.7. The normalized spacial score (nSPS) is 15.0. The van der Waals surface area contributed by atoms with E-state index in [0.717, 1.165) is 11.9 Å². The van der Waals surface area contributed by atoms with Crippen molar-refractivity contribution in [2.75, 3.05) is 122 Å². The zero-order valence-corrected chi connectivity index (χ0v) is 51.4. The number of H-pyrrole nitrogens is 1. The first kappa shape index (κ1) is 70.7. The monoisotopic (exact) mass is 1310 g/mol. The van der Waals surface area contributed by atoms with E-state index in [1.54, 1.807) is 51.3 Å². The summed E-state index contributed by atoms with van der Waals surface area (Å²) in [6.45, 7) is 2.31. The molecule has 4 amide bonds. The van der Waals surface area contributed by atoms with Gasteiger partial charge in [0.1, 0.15) is 23.6 Å². The van der Waals surface area contributed by atoms with Gasteiger partial charge in [-0.05, 0) is 68.1 Å². The Morgan fingerprint density at radius 1 is 0.706 bits per heavy atom. The molecular formula is C50H72N14O18S2Y. The molecule has 0 aliphatic carbocycles. The third kappa shape index (κ3) is 25.0. The Hall–Kier alpha value is -6.76. The van der Waals surface area contributed by atoms with Crippen molar-refractivity contribution in [3.05, 3.63) is 65.6 Å². The second kappa shape index (κ2) is 34.4. The van der Waals surface area contributed by atoms with Gasteiger partial charge in [0, 0.05) is 148 Å². The van der Waals surface area contributed by atoms with E-state index in [1.165, 1.54) is 35.8 Å². The summed E-state index contributed by atoms with van der Waals surface area (Å²) in [6, 6.07) is 4.16. The van der Waals surface area contributed by atoms with Gasteiger partial charge in [-0.15, -0.1) is 0 Å². The number of hydrogen-bond acceptors (Lipinski definition) is 20. The number of carbonyl (C=O) groups excluding carboxylic acids is 4. The molecule has 85 heavy (non-hydrogen) atoms. The smallest absolute Gasteiger partial charge is 0.323 e. The minimum Gasteiger partial charge on any atom is -0.494 e. The summed E-state index contributed by atoms with van der Waals surface area (Å²) in [5, 5.41) is 56.3. The molecule has 1 aliphatic rings. The number of benzene rings is 2. The third-order valence-corrected chi connectivity index (χ3v) is 15.5. The second-order valence-corrected chi connectivity index (χ2v) is 22.9. The minimum atomic E-state index is -4.84. The summed E-state index contributed by atoms with van der Waals surface area (Å²) in [7, 11) is -9.32. The number of hydrogen-bond donors (Lipinski definition) is 12. The number of fused-ring (bicyclic) bond motifs is 1. The van der Waals surface area contributed by atoms with Gasteiger partial charge in [-0.1, -0.05) is 0 Å². The van der Waals surface area contributed by atoms with Gasteiger partial charge in [0.25, 0.3) is 16.0 Å². The number of ether oxygens (including phenoxy) is 1. The zero-order valence-electron chi connectivity index (χ0n) is 46.9. The fourth-order valence-corrected chi connectivity index (χ4v) is 11.3. The first-order valence-corrected chi connectivity index (χ1v) is 29.6. The summed E-state index contributed by atoms with van der Waals surface area (Å²) in [5.74, 6) is -8.29. The fraction of sp³-hybridized carbons (Fsp3) is 0.520. The van der Waals surface area contributed by atoms with Gasteiger partial charge < -0.3 is 56.7 Å². The van der Waals surface area contributed by atoms with Crippen molar-refractivity contribution >= 4 is 84.5 Å². The van der Waals surface area contributed by atoms with Crippen LogP contribution in [0.15, 0.2) is 53.8 Å². The van der Waals surface area contributed by atoms with E-state index in [1.807, 2.05) is 0 Å². The number of carboxylic acids is 4. The zero-order chi connectivity index (χ0) is 61.6. The van der Waals surface area contributed by atoms with Crippen LogP contribution in [0.25, 0.3) is 10.9 Å². The van der Waals surface area contributed by atoms with Crippen molar-refractivity contribution in [2.45, 2.75) is 56.6 Å². The van der Waals surface area contributed by atoms with Crippen LogP contribution in [-0.2, 0) is 93.0 Å². The molecule has 4 aromatic rings. The summed E-state index contributed by atoms with van der Waals surface area (Å²) in [5.41, 5.74) is 1.40. The van der Waals surface area contributed by atoms with Crippen LogP contribution in [0.2, 0.25) is 0 Å². The SMILES string of the molecule is Cc1cc(OCCCC(=O)NCCNC(=O)C(CS(=O)(=O)O)NC(=O)CN2CCN(CC(=O)O)CCN(CC(=O)O)CCN(CC(=O)O)CC2)cc(C)c1S(=O)(=O)NC(CNC(=O)c1ccc2c(cnn2CCCNc2ncc[nH]2)c1)C(=O)O.[90Y]. The van der Waals surface area contributed by atoms with E-state index in [9.17, 15) is 80.2 Å². The molecule has 1 saturated heterocycles. The van der Waals surface area contributed by atoms with Crippen LogP contribution in [-0.4, -0.2) is 258 Å². The van der Waals surface area contributed by atoms with E-state index in [-0.39, 0.29) is 151 Å². The predicted molar refractivity (Wildman–Crippen MR) is 299 cm³/mol. The molecule has 1 radical (unpaired) electrons. The number of nitrogens with one attached hydrogen (secondary N) is 7. The van der Waals surface area contributed by atoms with Gasteiger partial charge in [0.05, 0.1) is 49.4 Å². The van der Waals surface area contributed by atoms with Crippen molar-refractivity contribution in [3.63, 3.8) is 0 Å². The number of aromatic nitrogens is 4. The Balaban J connectivity index is 0.0000155. The third-order valence-electron chi connectivity index (χ3n) is 13.0. The van der Waals surface area contributed by atoms with Gasteiger partial charge >= 0.3 is 23.9 Å². The number of imidazole rings is 1. The molecule has 0 bridgehead atoms. The van der Waals surface area contributed by atoms with Gasteiger partial charge in [-0.25, -0.2) is 13.4 Å². The average Bonchev–Trinajstić information content (AvgIpc) is 3.25. The Labute approximate surface area is 514 Å². The molecule has 1 aliphatic heterocycles. The Kier molecular flexibility index (Phi) is 28.6. The Morgan fingerprint density at radius 2 is 1.27 bits per heavy atom. The van der Waals surface area contributed by atoms with Gasteiger partial charge in [-0.3, -0.25) is 67.2 Å². The van der Waals surface area contributed by atoms with Crippen molar-refractivity contribution in [1.82, 2.24) is 65.3 Å². The summed E-state index contributed by atoms with van der Waals surface area (Å²) in [6.07, 6.45) is 5.79. The van der Waals surface area contributed by atoms with Crippen molar-refractivity contribution in [1.29, 1.82) is 0 Å². The van der Waals surface area contributed by atoms with Crippen LogP contribution in [0.1, 0.15) is 40.7 Å². The maximum Gasteiger partial charge on any atom is 0.323 e. The molecule has 465 valence electrons. The Morgan fingerprint density at radius 3 is 1.80 bits per heavy atom. The van der Waals surface area contributed by atoms with Crippen LogP contribution >= 0.6 is 0 Å². The van der Waals surface area contributed by atoms with E-state index in [0.29, 0.717) is 24.4 Å². The van der Waals surface area contributed by atoms with Crippen LogP contribution < -0.4 is 36.0 Å². The topological polar surface area (TPSA) is 447 Å². The first-order chi connectivity index (χ1) is 39.7. The number of aryl methyl sites for hydroxylation is 3. The average molecular weight is 1310 g/mol. The fourth-order valence-electron chi connectivity index (χ4n) is 8.99. The molecule has 2 aromatic heterocycles. The minimum absolute atomic E-state index is 0. The summed E-state index contributed by atoms with van der Waals surface area (Å²) in [4.78, 5) is 112. The van der Waals surface area contributed by atoms with Crippen molar-refractivity contribution < 1.29 is 118 Å². The number of aliphatic carboxylic acids is 4.